The lowest BCUT2D eigenvalue weighted by atomic mass is 9.95. The van der Waals surface area contributed by atoms with Crippen LogP contribution in [0.1, 0.15) is 35.2 Å². The van der Waals surface area contributed by atoms with Gasteiger partial charge in [0, 0.05) is 18.4 Å². The van der Waals surface area contributed by atoms with E-state index in [1.54, 1.807) is 7.11 Å². The topological polar surface area (TPSA) is 34.1 Å². The molecule has 0 bridgehead atoms. The summed E-state index contributed by atoms with van der Waals surface area (Å²) in [4.78, 5) is 4.19. The zero-order chi connectivity index (χ0) is 15.2. The molecule has 21 heavy (non-hydrogen) atoms. The zero-order valence-corrected chi connectivity index (χ0v) is 13.3. The van der Waals surface area contributed by atoms with Crippen LogP contribution in [0.4, 0.5) is 0 Å². The minimum absolute atomic E-state index is 0.272. The van der Waals surface area contributed by atoms with Gasteiger partial charge in [0.2, 0.25) is 0 Å². The third-order valence-electron chi connectivity index (χ3n) is 3.75. The average molecular weight is 284 g/mol. The number of rotatable bonds is 6. The van der Waals surface area contributed by atoms with E-state index in [0.717, 1.165) is 18.7 Å². The largest absolute Gasteiger partial charge is 0.496 e. The van der Waals surface area contributed by atoms with Crippen molar-refractivity contribution in [1.82, 2.24) is 10.3 Å². The van der Waals surface area contributed by atoms with Gasteiger partial charge in [0.25, 0.3) is 0 Å². The van der Waals surface area contributed by atoms with E-state index in [4.69, 9.17) is 4.74 Å². The summed E-state index contributed by atoms with van der Waals surface area (Å²) in [6.45, 7) is 7.29. The molecule has 0 amide bonds. The highest BCUT2D eigenvalue weighted by Crippen LogP contribution is 2.27. The predicted molar refractivity (Wildman–Crippen MR) is 86.8 cm³/mol. The van der Waals surface area contributed by atoms with Crippen molar-refractivity contribution in [2.45, 2.75) is 33.2 Å². The van der Waals surface area contributed by atoms with Gasteiger partial charge in [0.1, 0.15) is 5.75 Å². The Morgan fingerprint density at radius 3 is 2.71 bits per heavy atom. The van der Waals surface area contributed by atoms with Crippen LogP contribution >= 0.6 is 0 Å². The van der Waals surface area contributed by atoms with Gasteiger partial charge in [-0.15, -0.1) is 0 Å². The van der Waals surface area contributed by atoms with E-state index in [2.05, 4.69) is 49.3 Å². The quantitative estimate of drug-likeness (QED) is 0.880. The number of ether oxygens (including phenoxy) is 1. The molecular formula is C18H24N2O. The molecular weight excluding hydrogens is 260 g/mol. The summed E-state index contributed by atoms with van der Waals surface area (Å²) in [6.07, 6.45) is 4.69. The molecule has 3 nitrogen and oxygen atoms in total. The second-order valence-electron chi connectivity index (χ2n) is 5.36. The van der Waals surface area contributed by atoms with Gasteiger partial charge in [-0.3, -0.25) is 4.98 Å². The third-order valence-corrected chi connectivity index (χ3v) is 3.75. The number of nitrogens with zero attached hydrogens (tertiary/aromatic N) is 1. The molecule has 3 heteroatoms. The van der Waals surface area contributed by atoms with E-state index in [1.807, 2.05) is 18.5 Å². The monoisotopic (exact) mass is 284 g/mol. The first kappa shape index (κ1) is 15.5. The highest BCUT2D eigenvalue weighted by Gasteiger charge is 2.16. The molecule has 0 aliphatic rings. The van der Waals surface area contributed by atoms with Crippen LogP contribution in [0.25, 0.3) is 0 Å². The molecule has 0 saturated heterocycles. The van der Waals surface area contributed by atoms with Gasteiger partial charge in [-0.2, -0.15) is 0 Å². The van der Waals surface area contributed by atoms with Crippen molar-refractivity contribution in [2.24, 2.45) is 0 Å². The number of aromatic nitrogens is 1. The molecule has 0 aliphatic carbocycles. The van der Waals surface area contributed by atoms with Crippen LogP contribution in [0.15, 0.2) is 36.7 Å². The number of hydrogen-bond donors (Lipinski definition) is 1. The SMILES string of the molecule is CCNC(Cc1cc(C)ccc1OC)c1ccncc1C. The summed E-state index contributed by atoms with van der Waals surface area (Å²) >= 11 is 0. The van der Waals surface area contributed by atoms with Gasteiger partial charge in [-0.25, -0.2) is 0 Å². The summed E-state index contributed by atoms with van der Waals surface area (Å²) in [5.74, 6) is 0.954. The zero-order valence-electron chi connectivity index (χ0n) is 13.3. The smallest absolute Gasteiger partial charge is 0.122 e. The normalized spacial score (nSPS) is 12.2. The Morgan fingerprint density at radius 1 is 1.24 bits per heavy atom. The van der Waals surface area contributed by atoms with Crippen LogP contribution in [-0.2, 0) is 6.42 Å². The van der Waals surface area contributed by atoms with E-state index in [0.29, 0.717) is 0 Å². The number of pyridine rings is 1. The van der Waals surface area contributed by atoms with E-state index in [-0.39, 0.29) is 6.04 Å². The first-order chi connectivity index (χ1) is 10.2. The number of hydrogen-bond acceptors (Lipinski definition) is 3. The Hall–Kier alpha value is -1.87. The standard InChI is InChI=1S/C18H24N2O/c1-5-20-17(16-8-9-19-12-14(16)3)11-15-10-13(2)6-7-18(15)21-4/h6-10,12,17,20H,5,11H2,1-4H3. The van der Waals surface area contributed by atoms with Crippen LogP contribution in [0.3, 0.4) is 0 Å². The molecule has 0 radical (unpaired) electrons. The van der Waals surface area contributed by atoms with E-state index >= 15 is 0 Å². The van der Waals surface area contributed by atoms with Crippen LogP contribution in [0.2, 0.25) is 0 Å². The van der Waals surface area contributed by atoms with E-state index in [1.165, 1.54) is 22.3 Å². The van der Waals surface area contributed by atoms with Crippen molar-refractivity contribution >= 4 is 0 Å². The van der Waals surface area contributed by atoms with Crippen molar-refractivity contribution < 1.29 is 4.74 Å². The van der Waals surface area contributed by atoms with Gasteiger partial charge in [0.15, 0.2) is 0 Å². The maximum atomic E-state index is 5.51. The lowest BCUT2D eigenvalue weighted by Crippen LogP contribution is -2.24. The minimum Gasteiger partial charge on any atom is -0.496 e. The molecule has 1 aromatic heterocycles. The van der Waals surface area contributed by atoms with Crippen molar-refractivity contribution in [3.63, 3.8) is 0 Å². The molecule has 2 aromatic rings. The maximum Gasteiger partial charge on any atom is 0.122 e. The maximum absolute atomic E-state index is 5.51. The lowest BCUT2D eigenvalue weighted by molar-refractivity contribution is 0.405. The molecule has 0 fully saturated rings. The number of aryl methyl sites for hydroxylation is 2. The van der Waals surface area contributed by atoms with Gasteiger partial charge < -0.3 is 10.1 Å². The second kappa shape index (κ2) is 7.23. The molecule has 1 atom stereocenters. The summed E-state index contributed by atoms with van der Waals surface area (Å²) in [5.41, 5.74) is 5.01. The Labute approximate surface area is 127 Å². The Morgan fingerprint density at radius 2 is 2.05 bits per heavy atom. The van der Waals surface area contributed by atoms with E-state index < -0.39 is 0 Å². The van der Waals surface area contributed by atoms with Gasteiger partial charge in [-0.1, -0.05) is 24.6 Å². The van der Waals surface area contributed by atoms with Crippen LogP contribution < -0.4 is 10.1 Å². The van der Waals surface area contributed by atoms with Crippen molar-refractivity contribution in [3.8, 4) is 5.75 Å². The van der Waals surface area contributed by atoms with Gasteiger partial charge in [0.05, 0.1) is 7.11 Å². The van der Waals surface area contributed by atoms with Crippen molar-refractivity contribution in [1.29, 1.82) is 0 Å². The molecule has 0 aliphatic heterocycles. The Balaban J connectivity index is 2.33. The molecule has 1 aromatic carbocycles. The fourth-order valence-corrected chi connectivity index (χ4v) is 2.70. The number of likely N-dealkylation sites (N-methyl/N-ethyl adjacent to an activating group) is 1. The molecule has 112 valence electrons. The van der Waals surface area contributed by atoms with E-state index in [9.17, 15) is 0 Å². The first-order valence-electron chi connectivity index (χ1n) is 7.43. The molecule has 1 N–H and O–H groups in total. The van der Waals surface area contributed by atoms with Crippen LogP contribution in [0, 0.1) is 13.8 Å². The summed E-state index contributed by atoms with van der Waals surface area (Å²) in [6, 6.07) is 8.72. The van der Waals surface area contributed by atoms with Crippen molar-refractivity contribution in [2.75, 3.05) is 13.7 Å². The Bertz CT molecular complexity index is 596. The minimum atomic E-state index is 0.272. The number of benzene rings is 1. The molecule has 0 saturated carbocycles. The molecule has 1 heterocycles. The Kier molecular flexibility index (Phi) is 5.34. The third kappa shape index (κ3) is 3.82. The molecule has 0 spiro atoms. The van der Waals surface area contributed by atoms with Gasteiger partial charge in [-0.05, 0) is 55.6 Å². The highest BCUT2D eigenvalue weighted by atomic mass is 16.5. The fraction of sp³-hybridized carbons (Fsp3) is 0.389. The summed E-state index contributed by atoms with van der Waals surface area (Å²) < 4.78 is 5.51. The number of methoxy groups -OCH3 is 1. The summed E-state index contributed by atoms with van der Waals surface area (Å²) in [7, 11) is 1.73. The first-order valence-corrected chi connectivity index (χ1v) is 7.43. The van der Waals surface area contributed by atoms with Gasteiger partial charge >= 0.3 is 0 Å². The van der Waals surface area contributed by atoms with Crippen LogP contribution in [-0.4, -0.2) is 18.6 Å². The fourth-order valence-electron chi connectivity index (χ4n) is 2.70. The molecule has 1 unspecified atom stereocenters. The highest BCUT2D eigenvalue weighted by molar-refractivity contribution is 5.39. The lowest BCUT2D eigenvalue weighted by Gasteiger charge is -2.21. The average Bonchev–Trinajstić information content (AvgIpc) is 2.48. The number of nitrogens with one attached hydrogen (secondary N) is 1. The second-order valence-corrected chi connectivity index (χ2v) is 5.36. The predicted octanol–water partition coefficient (Wildman–Crippen LogP) is 3.60. The van der Waals surface area contributed by atoms with Crippen LogP contribution in [0.5, 0.6) is 5.75 Å². The summed E-state index contributed by atoms with van der Waals surface area (Å²) in [5, 5.41) is 3.58. The molecule has 2 rings (SSSR count). The van der Waals surface area contributed by atoms with Crippen molar-refractivity contribution in [3.05, 3.63) is 58.9 Å².